The van der Waals surface area contributed by atoms with Crippen molar-refractivity contribution >= 4 is 0 Å². The largest absolute Gasteiger partial charge is 0.385 e. The van der Waals surface area contributed by atoms with Crippen molar-refractivity contribution in [3.05, 3.63) is 0 Å². The van der Waals surface area contributed by atoms with Crippen LogP contribution in [0, 0.1) is 0 Å². The highest BCUT2D eigenvalue weighted by Crippen LogP contribution is 2.30. The predicted octanol–water partition coefficient (Wildman–Crippen LogP) is 0.291. The molecule has 0 spiro atoms. The van der Waals surface area contributed by atoms with Crippen LogP contribution >= 0.6 is 0 Å². The van der Waals surface area contributed by atoms with Gasteiger partial charge >= 0.3 is 0 Å². The fraction of sp³-hybridized carbons (Fsp3) is 1.00. The summed E-state index contributed by atoms with van der Waals surface area (Å²) >= 11 is 0. The van der Waals surface area contributed by atoms with E-state index >= 15 is 0 Å². The third kappa shape index (κ3) is 2.02. The summed E-state index contributed by atoms with van der Waals surface area (Å²) in [4.78, 5) is 0. The lowest BCUT2D eigenvalue weighted by Gasteiger charge is -2.38. The summed E-state index contributed by atoms with van der Waals surface area (Å²) in [7, 11) is 0. The molecule has 0 unspecified atom stereocenters. The molecule has 2 aliphatic heterocycles. The standard InChI is InChI=1S/C9H16O4/c1-8(12-4-5-13-8)2-3-9(10)6-11-7-9/h10H,2-7H2,1H3. The Morgan fingerprint density at radius 2 is 1.77 bits per heavy atom. The fourth-order valence-corrected chi connectivity index (χ4v) is 1.64. The summed E-state index contributed by atoms with van der Waals surface area (Å²) < 4.78 is 15.8. The molecule has 0 saturated carbocycles. The van der Waals surface area contributed by atoms with Gasteiger partial charge in [0.05, 0.1) is 26.4 Å². The molecule has 0 aromatic carbocycles. The van der Waals surface area contributed by atoms with E-state index in [4.69, 9.17) is 14.2 Å². The third-order valence-corrected chi connectivity index (χ3v) is 2.68. The van der Waals surface area contributed by atoms with Crippen molar-refractivity contribution in [2.75, 3.05) is 26.4 Å². The highest BCUT2D eigenvalue weighted by atomic mass is 16.7. The lowest BCUT2D eigenvalue weighted by atomic mass is 9.93. The van der Waals surface area contributed by atoms with Crippen molar-refractivity contribution in [2.45, 2.75) is 31.2 Å². The Kier molecular flexibility index (Phi) is 2.32. The smallest absolute Gasteiger partial charge is 0.165 e. The topological polar surface area (TPSA) is 47.9 Å². The van der Waals surface area contributed by atoms with E-state index in [1.807, 2.05) is 6.92 Å². The van der Waals surface area contributed by atoms with Gasteiger partial charge in [-0.1, -0.05) is 0 Å². The van der Waals surface area contributed by atoms with Gasteiger partial charge in [0.2, 0.25) is 0 Å². The lowest BCUT2D eigenvalue weighted by Crippen LogP contribution is -2.50. The maximum atomic E-state index is 9.75. The lowest BCUT2D eigenvalue weighted by molar-refractivity contribution is -0.204. The monoisotopic (exact) mass is 188 g/mol. The Balaban J connectivity index is 1.77. The van der Waals surface area contributed by atoms with E-state index in [2.05, 4.69) is 0 Å². The van der Waals surface area contributed by atoms with Crippen LogP contribution in [0.5, 0.6) is 0 Å². The van der Waals surface area contributed by atoms with Crippen LogP contribution in [0.15, 0.2) is 0 Å². The van der Waals surface area contributed by atoms with Crippen LogP contribution in [0.2, 0.25) is 0 Å². The second-order valence-electron chi connectivity index (χ2n) is 4.05. The summed E-state index contributed by atoms with van der Waals surface area (Å²) in [5.74, 6) is -0.481. The Bertz CT molecular complexity index is 182. The van der Waals surface area contributed by atoms with E-state index < -0.39 is 11.4 Å². The first-order chi connectivity index (χ1) is 6.12. The molecule has 0 radical (unpaired) electrons. The van der Waals surface area contributed by atoms with E-state index in [0.29, 0.717) is 32.8 Å². The zero-order valence-electron chi connectivity index (χ0n) is 7.91. The van der Waals surface area contributed by atoms with Gasteiger partial charge in [-0.2, -0.15) is 0 Å². The van der Waals surface area contributed by atoms with Crippen molar-refractivity contribution in [3.63, 3.8) is 0 Å². The highest BCUT2D eigenvalue weighted by Gasteiger charge is 2.40. The summed E-state index contributed by atoms with van der Waals surface area (Å²) in [5, 5.41) is 9.75. The molecule has 0 aromatic heterocycles. The first-order valence-electron chi connectivity index (χ1n) is 4.70. The van der Waals surface area contributed by atoms with Crippen molar-refractivity contribution in [1.82, 2.24) is 0 Å². The van der Waals surface area contributed by atoms with Crippen LogP contribution in [-0.4, -0.2) is 42.9 Å². The molecule has 4 nitrogen and oxygen atoms in total. The molecule has 2 heterocycles. The van der Waals surface area contributed by atoms with E-state index in [1.54, 1.807) is 0 Å². The molecule has 0 aliphatic carbocycles. The van der Waals surface area contributed by atoms with Crippen LogP contribution in [-0.2, 0) is 14.2 Å². The number of rotatable bonds is 3. The quantitative estimate of drug-likeness (QED) is 0.691. The second kappa shape index (κ2) is 3.20. The molecule has 76 valence electrons. The number of ether oxygens (including phenoxy) is 3. The first kappa shape index (κ1) is 9.40. The summed E-state index contributed by atoms with van der Waals surface area (Å²) in [6.45, 7) is 4.13. The van der Waals surface area contributed by atoms with Gasteiger partial charge in [-0.25, -0.2) is 0 Å². The van der Waals surface area contributed by atoms with E-state index in [0.717, 1.165) is 6.42 Å². The van der Waals surface area contributed by atoms with Crippen LogP contribution in [0.3, 0.4) is 0 Å². The van der Waals surface area contributed by atoms with Gasteiger partial charge < -0.3 is 19.3 Å². The van der Waals surface area contributed by atoms with Gasteiger partial charge in [0.15, 0.2) is 5.79 Å². The average Bonchev–Trinajstić information content (AvgIpc) is 2.46. The summed E-state index contributed by atoms with van der Waals surface area (Å²) in [5.41, 5.74) is -0.627. The Morgan fingerprint density at radius 3 is 2.23 bits per heavy atom. The molecule has 2 fully saturated rings. The molecule has 0 atom stereocenters. The van der Waals surface area contributed by atoms with Gasteiger partial charge in [0.1, 0.15) is 5.60 Å². The number of hydrogen-bond acceptors (Lipinski definition) is 4. The minimum Gasteiger partial charge on any atom is -0.385 e. The second-order valence-corrected chi connectivity index (χ2v) is 4.05. The minimum absolute atomic E-state index is 0.448. The van der Waals surface area contributed by atoms with Gasteiger partial charge in [0.25, 0.3) is 0 Å². The molecule has 0 amide bonds. The summed E-state index contributed by atoms with van der Waals surface area (Å²) in [6, 6.07) is 0. The van der Waals surface area contributed by atoms with Gasteiger partial charge in [-0.15, -0.1) is 0 Å². The molecule has 2 rings (SSSR count). The maximum absolute atomic E-state index is 9.75. The molecule has 0 aromatic rings. The fourth-order valence-electron chi connectivity index (χ4n) is 1.64. The van der Waals surface area contributed by atoms with Gasteiger partial charge in [0, 0.05) is 6.42 Å². The van der Waals surface area contributed by atoms with Crippen LogP contribution < -0.4 is 0 Å². The van der Waals surface area contributed by atoms with Gasteiger partial charge in [-0.3, -0.25) is 0 Å². The van der Waals surface area contributed by atoms with Gasteiger partial charge in [-0.05, 0) is 13.3 Å². The molecular weight excluding hydrogens is 172 g/mol. The van der Waals surface area contributed by atoms with Crippen molar-refractivity contribution in [3.8, 4) is 0 Å². The van der Waals surface area contributed by atoms with Crippen molar-refractivity contribution < 1.29 is 19.3 Å². The molecule has 2 aliphatic rings. The predicted molar refractivity (Wildman–Crippen MR) is 45.3 cm³/mol. The third-order valence-electron chi connectivity index (χ3n) is 2.68. The molecule has 0 bridgehead atoms. The Hall–Kier alpha value is -0.160. The van der Waals surface area contributed by atoms with Crippen LogP contribution in [0.1, 0.15) is 19.8 Å². The molecular formula is C9H16O4. The van der Waals surface area contributed by atoms with Crippen LogP contribution in [0.4, 0.5) is 0 Å². The van der Waals surface area contributed by atoms with E-state index in [-0.39, 0.29) is 0 Å². The zero-order valence-corrected chi connectivity index (χ0v) is 7.91. The summed E-state index contributed by atoms with van der Waals surface area (Å²) in [6.07, 6.45) is 1.41. The maximum Gasteiger partial charge on any atom is 0.165 e. The normalized spacial score (nSPS) is 30.0. The first-order valence-corrected chi connectivity index (χ1v) is 4.70. The van der Waals surface area contributed by atoms with E-state index in [1.165, 1.54) is 0 Å². The van der Waals surface area contributed by atoms with Crippen molar-refractivity contribution in [1.29, 1.82) is 0 Å². The SMILES string of the molecule is CC1(CCC2(O)COC2)OCCO1. The van der Waals surface area contributed by atoms with E-state index in [9.17, 15) is 5.11 Å². The van der Waals surface area contributed by atoms with Crippen molar-refractivity contribution in [2.24, 2.45) is 0 Å². The number of hydrogen-bond donors (Lipinski definition) is 1. The molecule has 13 heavy (non-hydrogen) atoms. The zero-order chi connectivity index (χ0) is 9.36. The molecule has 4 heteroatoms. The average molecular weight is 188 g/mol. The van der Waals surface area contributed by atoms with Crippen LogP contribution in [0.25, 0.3) is 0 Å². The molecule has 1 N–H and O–H groups in total. The number of aliphatic hydroxyl groups is 1. The highest BCUT2D eigenvalue weighted by molar-refractivity contribution is 4.87. The Morgan fingerprint density at radius 1 is 1.15 bits per heavy atom. The minimum atomic E-state index is -0.627. The Labute approximate surface area is 77.8 Å². The molecule has 2 saturated heterocycles.